The Labute approximate surface area is 307 Å². The van der Waals surface area contributed by atoms with Gasteiger partial charge in [0.2, 0.25) is 0 Å². The van der Waals surface area contributed by atoms with E-state index >= 15 is 0 Å². The van der Waals surface area contributed by atoms with E-state index < -0.39 is 6.09 Å². The number of ether oxygens (including phenoxy) is 3. The van der Waals surface area contributed by atoms with Crippen LogP contribution < -0.4 is 20.1 Å². The predicted octanol–water partition coefficient (Wildman–Crippen LogP) is 7.87. The summed E-state index contributed by atoms with van der Waals surface area (Å²) in [5, 5.41) is 11.2. The summed E-state index contributed by atoms with van der Waals surface area (Å²) in [7, 11) is 1.61. The number of oxime groups is 1. The molecule has 0 atom stereocenters. The summed E-state index contributed by atoms with van der Waals surface area (Å²) in [6.07, 6.45) is 2.94. The van der Waals surface area contributed by atoms with E-state index in [1.807, 2.05) is 91.1 Å². The highest BCUT2D eigenvalue weighted by atomic mass is 79.9. The van der Waals surface area contributed by atoms with Crippen molar-refractivity contribution in [2.24, 2.45) is 5.16 Å². The highest BCUT2D eigenvalue weighted by molar-refractivity contribution is 9.11. The van der Waals surface area contributed by atoms with E-state index in [2.05, 4.69) is 58.7 Å². The fraction of sp³-hybridized carbons (Fsp3) is 0.237. The Balaban J connectivity index is 1.16. The number of H-pyrrole nitrogens is 1. The first-order valence-electron chi connectivity index (χ1n) is 16.1. The number of fused-ring (bicyclic) bond motifs is 1. The fourth-order valence-electron chi connectivity index (χ4n) is 5.07. The smallest absolute Gasteiger partial charge is 0.407 e. The number of benzene rings is 4. The van der Waals surface area contributed by atoms with Crippen molar-refractivity contribution in [1.29, 1.82) is 0 Å². The Kier molecular flexibility index (Phi) is 13.7. The van der Waals surface area contributed by atoms with Crippen LogP contribution in [0.5, 0.6) is 11.5 Å². The molecule has 0 aliphatic heterocycles. The predicted molar refractivity (Wildman–Crippen MR) is 201 cm³/mol. The van der Waals surface area contributed by atoms with E-state index in [1.54, 1.807) is 7.11 Å². The lowest BCUT2D eigenvalue weighted by atomic mass is 10.1. The Morgan fingerprint density at radius 3 is 2.30 bits per heavy atom. The number of halogens is 2. The quantitative estimate of drug-likeness (QED) is 0.0500. The summed E-state index contributed by atoms with van der Waals surface area (Å²) in [6, 6.07) is 28.8. The van der Waals surface area contributed by atoms with E-state index in [0.717, 1.165) is 38.9 Å². The second kappa shape index (κ2) is 18.8. The molecule has 2 amide bonds. The largest absolute Gasteiger partial charge is 0.497 e. The number of nitrogens with one attached hydrogen (secondary N) is 3. The maximum Gasteiger partial charge on any atom is 0.407 e. The van der Waals surface area contributed by atoms with Crippen LogP contribution in [0.15, 0.2) is 111 Å². The molecule has 5 rings (SSSR count). The van der Waals surface area contributed by atoms with Gasteiger partial charge in [-0.05, 0) is 97.3 Å². The van der Waals surface area contributed by atoms with Crippen LogP contribution in [0.3, 0.4) is 0 Å². The third-order valence-corrected chi connectivity index (χ3v) is 8.84. The molecule has 0 aliphatic carbocycles. The number of alkyl carbamates (subject to hydrolysis) is 1. The third-order valence-electron chi connectivity index (χ3n) is 7.66. The first kappa shape index (κ1) is 36.5. The molecule has 0 fully saturated rings. The summed E-state index contributed by atoms with van der Waals surface area (Å²) in [6.45, 7) is 1.59. The minimum atomic E-state index is -0.479. The number of nitrogens with zero attached hydrogens (tertiary/aromatic N) is 1. The molecule has 10 nitrogen and oxygen atoms in total. The zero-order valence-electron chi connectivity index (χ0n) is 27.5. The fourth-order valence-corrected chi connectivity index (χ4v) is 6.58. The van der Waals surface area contributed by atoms with Gasteiger partial charge in [-0.2, -0.15) is 0 Å². The molecule has 3 N–H and O–H groups in total. The molecular formula is C38H38Br2N4O6. The molecule has 0 aliphatic rings. The van der Waals surface area contributed by atoms with Gasteiger partial charge in [-0.25, -0.2) is 4.79 Å². The van der Waals surface area contributed by atoms with Crippen molar-refractivity contribution < 1.29 is 28.6 Å². The lowest BCUT2D eigenvalue weighted by Crippen LogP contribution is -2.34. The Morgan fingerprint density at radius 1 is 0.820 bits per heavy atom. The van der Waals surface area contributed by atoms with Gasteiger partial charge in [0.15, 0.2) is 0 Å². The van der Waals surface area contributed by atoms with Crippen LogP contribution in [0.1, 0.15) is 28.7 Å². The van der Waals surface area contributed by atoms with Crippen molar-refractivity contribution in [2.75, 3.05) is 26.8 Å². The van der Waals surface area contributed by atoms with Crippen molar-refractivity contribution in [3.63, 3.8) is 0 Å². The first-order valence-corrected chi connectivity index (χ1v) is 17.7. The van der Waals surface area contributed by atoms with Gasteiger partial charge in [-0.15, -0.1) is 0 Å². The molecule has 5 aromatic rings. The SMILES string of the molecule is COc1ccc(CO/N=C(\Cc2cc(Br)c(OCCCNC(=O)OCc3ccccc3)c(Br)c2)C(=O)NCCc2c[nH]c3ccccc23)cc1. The summed E-state index contributed by atoms with van der Waals surface area (Å²) >= 11 is 7.22. The number of rotatable bonds is 17. The number of carbonyl (C=O) groups is 2. The second-order valence-electron chi connectivity index (χ2n) is 11.3. The van der Waals surface area contributed by atoms with Crippen LogP contribution in [-0.4, -0.2) is 49.5 Å². The van der Waals surface area contributed by atoms with Crippen LogP contribution >= 0.6 is 31.9 Å². The Hall–Kier alpha value is -4.81. The average molecular weight is 807 g/mol. The van der Waals surface area contributed by atoms with E-state index in [0.29, 0.717) is 47.2 Å². The van der Waals surface area contributed by atoms with Gasteiger partial charge in [0.1, 0.15) is 30.4 Å². The van der Waals surface area contributed by atoms with Crippen molar-refractivity contribution >= 4 is 60.5 Å². The van der Waals surface area contributed by atoms with Crippen LogP contribution in [0.2, 0.25) is 0 Å². The maximum atomic E-state index is 13.4. The van der Waals surface area contributed by atoms with E-state index in [4.69, 9.17) is 19.0 Å². The molecule has 50 heavy (non-hydrogen) atoms. The van der Waals surface area contributed by atoms with Gasteiger partial charge in [0.25, 0.3) is 5.91 Å². The van der Waals surface area contributed by atoms with Gasteiger partial charge < -0.3 is 34.7 Å². The average Bonchev–Trinajstić information content (AvgIpc) is 3.54. The number of methoxy groups -OCH3 is 1. The molecule has 0 saturated carbocycles. The minimum absolute atomic E-state index is 0.190. The van der Waals surface area contributed by atoms with Crippen molar-refractivity contribution in [3.8, 4) is 11.5 Å². The van der Waals surface area contributed by atoms with Crippen LogP contribution in [0.25, 0.3) is 10.9 Å². The van der Waals surface area contributed by atoms with Crippen molar-refractivity contribution in [1.82, 2.24) is 15.6 Å². The number of carbonyl (C=O) groups excluding carboxylic acids is 2. The zero-order chi connectivity index (χ0) is 35.1. The summed E-state index contributed by atoms with van der Waals surface area (Å²) in [5.41, 5.74) is 5.04. The Bertz CT molecular complexity index is 1870. The minimum Gasteiger partial charge on any atom is -0.497 e. The number of aromatic amines is 1. The molecule has 1 heterocycles. The summed E-state index contributed by atoms with van der Waals surface area (Å²) < 4.78 is 17.9. The molecule has 0 bridgehead atoms. The van der Waals surface area contributed by atoms with Crippen molar-refractivity contribution in [2.45, 2.75) is 32.5 Å². The molecule has 4 aromatic carbocycles. The molecule has 0 unspecified atom stereocenters. The lowest BCUT2D eigenvalue weighted by Gasteiger charge is -2.14. The monoisotopic (exact) mass is 804 g/mol. The number of aromatic nitrogens is 1. The highest BCUT2D eigenvalue weighted by Gasteiger charge is 2.17. The zero-order valence-corrected chi connectivity index (χ0v) is 30.7. The van der Waals surface area contributed by atoms with Gasteiger partial charge in [0, 0.05) is 36.6 Å². The van der Waals surface area contributed by atoms with E-state index in [-0.39, 0.29) is 31.3 Å². The number of hydrogen-bond acceptors (Lipinski definition) is 7. The van der Waals surface area contributed by atoms with Gasteiger partial charge >= 0.3 is 6.09 Å². The van der Waals surface area contributed by atoms with E-state index in [1.165, 1.54) is 0 Å². The standard InChI is InChI=1S/C38H38Br2N4O6/c1-47-30-14-12-27(13-15-30)25-50-44-35(37(45)41-18-16-29-23-43-34-11-6-5-10-31(29)34)22-28-20-32(39)36(33(40)21-28)48-19-7-17-42-38(46)49-24-26-8-3-2-4-9-26/h2-6,8-15,20-21,23,43H,7,16-19,22,24-25H2,1H3,(H,41,45)(H,42,46)/b44-35+. The van der Waals surface area contributed by atoms with E-state index in [9.17, 15) is 9.59 Å². The molecule has 12 heteroatoms. The maximum absolute atomic E-state index is 13.4. The molecule has 0 saturated heterocycles. The normalized spacial score (nSPS) is 11.2. The van der Waals surface area contributed by atoms with Crippen LogP contribution in [0.4, 0.5) is 4.79 Å². The molecule has 260 valence electrons. The topological polar surface area (TPSA) is 123 Å². The number of hydrogen-bond donors (Lipinski definition) is 3. The molecule has 1 aromatic heterocycles. The van der Waals surface area contributed by atoms with Crippen LogP contribution in [-0.2, 0) is 40.4 Å². The van der Waals surface area contributed by atoms with Gasteiger partial charge in [-0.3, -0.25) is 4.79 Å². The highest BCUT2D eigenvalue weighted by Crippen LogP contribution is 2.35. The van der Waals surface area contributed by atoms with Gasteiger partial charge in [-0.1, -0.05) is 65.8 Å². The van der Waals surface area contributed by atoms with Crippen molar-refractivity contribution in [3.05, 3.63) is 128 Å². The third kappa shape index (κ3) is 10.8. The first-order chi connectivity index (χ1) is 24.4. The van der Waals surface area contributed by atoms with Gasteiger partial charge in [0.05, 0.1) is 22.7 Å². The molecular weight excluding hydrogens is 768 g/mol. The number of amides is 2. The number of para-hydroxylation sites is 1. The second-order valence-corrected chi connectivity index (χ2v) is 13.0. The molecule has 0 spiro atoms. The lowest BCUT2D eigenvalue weighted by molar-refractivity contribution is -0.115. The molecule has 0 radical (unpaired) electrons. The summed E-state index contributed by atoms with van der Waals surface area (Å²) in [4.78, 5) is 34.4. The Morgan fingerprint density at radius 2 is 1.54 bits per heavy atom. The van der Waals surface area contributed by atoms with Crippen LogP contribution in [0, 0.1) is 0 Å². The summed E-state index contributed by atoms with van der Waals surface area (Å²) in [5.74, 6) is 1.03.